The molecule has 1 saturated heterocycles. The summed E-state index contributed by atoms with van der Waals surface area (Å²) in [6.07, 6.45) is 0.846. The number of hydrogen-bond donors (Lipinski definition) is 3. The van der Waals surface area contributed by atoms with Gasteiger partial charge in [0.1, 0.15) is 12.7 Å². The molecule has 7 nitrogen and oxygen atoms in total. The van der Waals surface area contributed by atoms with Gasteiger partial charge >= 0.3 is 0 Å². The first-order chi connectivity index (χ1) is 15.1. The van der Waals surface area contributed by atoms with E-state index in [1.54, 1.807) is 0 Å². The Bertz CT molecular complexity index is 868. The van der Waals surface area contributed by atoms with E-state index < -0.39 is 6.10 Å². The molecule has 1 fully saturated rings. The van der Waals surface area contributed by atoms with E-state index in [1.807, 2.05) is 55.5 Å². The van der Waals surface area contributed by atoms with E-state index >= 15 is 0 Å². The average Bonchev–Trinajstić information content (AvgIpc) is 2.78. The second-order valence-corrected chi connectivity index (χ2v) is 8.36. The second kappa shape index (κ2) is 10.1. The number of nitrogens with zero attached hydrogens (tertiary/aromatic N) is 1. The SMILES string of the molecule is Cc1ccc2c(c1)OCC(C(O)CNC1CCN(CC(=O)Nc3ccccc3)CC1)O2. The zero-order chi connectivity index (χ0) is 21.6. The quantitative estimate of drug-likeness (QED) is 0.631. The Kier molecular flexibility index (Phi) is 7.06. The van der Waals surface area contributed by atoms with Crippen LogP contribution in [-0.2, 0) is 4.79 Å². The van der Waals surface area contributed by atoms with Gasteiger partial charge in [-0.15, -0.1) is 0 Å². The maximum atomic E-state index is 12.2. The fourth-order valence-electron chi connectivity index (χ4n) is 4.02. The normalized spacial score (nSPS) is 20.3. The van der Waals surface area contributed by atoms with E-state index in [0.29, 0.717) is 31.5 Å². The highest BCUT2D eigenvalue weighted by Gasteiger charge is 2.29. The molecule has 4 rings (SSSR count). The molecule has 0 radical (unpaired) electrons. The number of carbonyl (C=O) groups excluding carboxylic acids is 1. The van der Waals surface area contributed by atoms with Crippen molar-refractivity contribution in [2.75, 3.05) is 38.1 Å². The second-order valence-electron chi connectivity index (χ2n) is 8.36. The Morgan fingerprint density at radius 3 is 2.71 bits per heavy atom. The van der Waals surface area contributed by atoms with Gasteiger partial charge in [0.25, 0.3) is 0 Å². The van der Waals surface area contributed by atoms with Crippen molar-refractivity contribution in [2.24, 2.45) is 0 Å². The molecule has 166 valence electrons. The zero-order valence-corrected chi connectivity index (χ0v) is 17.9. The highest BCUT2D eigenvalue weighted by atomic mass is 16.6. The number of nitrogens with one attached hydrogen (secondary N) is 2. The van der Waals surface area contributed by atoms with E-state index in [0.717, 1.165) is 42.9 Å². The number of aliphatic hydroxyl groups excluding tert-OH is 1. The van der Waals surface area contributed by atoms with Gasteiger partial charge in [-0.2, -0.15) is 0 Å². The van der Waals surface area contributed by atoms with Crippen molar-refractivity contribution in [3.05, 3.63) is 54.1 Å². The minimum atomic E-state index is -0.649. The number of piperidine rings is 1. The number of aryl methyl sites for hydroxylation is 1. The van der Waals surface area contributed by atoms with Gasteiger partial charge in [-0.3, -0.25) is 9.69 Å². The van der Waals surface area contributed by atoms with Crippen LogP contribution in [0.3, 0.4) is 0 Å². The van der Waals surface area contributed by atoms with Crippen LogP contribution in [0.1, 0.15) is 18.4 Å². The number of rotatable bonds is 7. The number of para-hydroxylation sites is 1. The maximum Gasteiger partial charge on any atom is 0.238 e. The third-order valence-corrected chi connectivity index (χ3v) is 5.84. The third-order valence-electron chi connectivity index (χ3n) is 5.84. The number of aliphatic hydroxyl groups is 1. The van der Waals surface area contributed by atoms with Crippen LogP contribution in [-0.4, -0.2) is 66.9 Å². The number of fused-ring (bicyclic) bond motifs is 1. The Morgan fingerprint density at radius 1 is 1.16 bits per heavy atom. The van der Waals surface area contributed by atoms with Crippen LogP contribution in [0.4, 0.5) is 5.69 Å². The molecule has 31 heavy (non-hydrogen) atoms. The van der Waals surface area contributed by atoms with Crippen molar-refractivity contribution in [3.8, 4) is 11.5 Å². The number of likely N-dealkylation sites (tertiary alicyclic amines) is 1. The van der Waals surface area contributed by atoms with Crippen LogP contribution in [0, 0.1) is 6.92 Å². The lowest BCUT2D eigenvalue weighted by atomic mass is 10.0. The lowest BCUT2D eigenvalue weighted by molar-refractivity contribution is -0.117. The number of amides is 1. The molecular formula is C24H31N3O4. The highest BCUT2D eigenvalue weighted by molar-refractivity contribution is 5.92. The summed E-state index contributed by atoms with van der Waals surface area (Å²) < 4.78 is 11.7. The number of anilines is 1. The fraction of sp³-hybridized carbons (Fsp3) is 0.458. The molecule has 7 heteroatoms. The highest BCUT2D eigenvalue weighted by Crippen LogP contribution is 2.33. The van der Waals surface area contributed by atoms with Crippen LogP contribution >= 0.6 is 0 Å². The van der Waals surface area contributed by atoms with Crippen LogP contribution in [0.25, 0.3) is 0 Å². The molecule has 2 unspecified atom stereocenters. The minimum absolute atomic E-state index is 0.0120. The molecule has 2 atom stereocenters. The molecule has 1 amide bonds. The number of hydrogen-bond acceptors (Lipinski definition) is 6. The van der Waals surface area contributed by atoms with Crippen molar-refractivity contribution < 1.29 is 19.4 Å². The summed E-state index contributed by atoms with van der Waals surface area (Å²) in [5.74, 6) is 1.43. The van der Waals surface area contributed by atoms with Crippen LogP contribution < -0.4 is 20.1 Å². The summed E-state index contributed by atoms with van der Waals surface area (Å²) >= 11 is 0. The smallest absolute Gasteiger partial charge is 0.238 e. The predicted molar refractivity (Wildman–Crippen MR) is 120 cm³/mol. The van der Waals surface area contributed by atoms with Gasteiger partial charge in [0.15, 0.2) is 17.6 Å². The largest absolute Gasteiger partial charge is 0.486 e. The average molecular weight is 426 g/mol. The summed E-state index contributed by atoms with van der Waals surface area (Å²) in [5, 5.41) is 16.9. The van der Waals surface area contributed by atoms with E-state index in [2.05, 4.69) is 15.5 Å². The number of ether oxygens (including phenoxy) is 2. The van der Waals surface area contributed by atoms with Crippen molar-refractivity contribution in [2.45, 2.75) is 38.0 Å². The van der Waals surface area contributed by atoms with Crippen molar-refractivity contribution >= 4 is 11.6 Å². The summed E-state index contributed by atoms with van der Waals surface area (Å²) in [7, 11) is 0. The van der Waals surface area contributed by atoms with Crippen LogP contribution in [0.2, 0.25) is 0 Å². The Labute approximate surface area is 183 Å². The molecule has 0 spiro atoms. The summed E-state index contributed by atoms with van der Waals surface area (Å²) in [5.41, 5.74) is 1.94. The molecule has 2 aromatic carbocycles. The lowest BCUT2D eigenvalue weighted by Crippen LogP contribution is -2.50. The first kappa shape index (κ1) is 21.6. The topological polar surface area (TPSA) is 83.1 Å². The van der Waals surface area contributed by atoms with Gasteiger partial charge in [0, 0.05) is 31.4 Å². The molecule has 0 bridgehead atoms. The van der Waals surface area contributed by atoms with Gasteiger partial charge in [0.05, 0.1) is 6.54 Å². The molecule has 2 aliphatic heterocycles. The summed E-state index contributed by atoms with van der Waals surface area (Å²) in [6.45, 7) is 4.91. The van der Waals surface area contributed by atoms with E-state index in [-0.39, 0.29) is 12.0 Å². The van der Waals surface area contributed by atoms with Crippen molar-refractivity contribution in [1.82, 2.24) is 10.2 Å². The fourth-order valence-corrected chi connectivity index (χ4v) is 4.02. The van der Waals surface area contributed by atoms with Crippen molar-refractivity contribution in [1.29, 1.82) is 0 Å². The molecule has 2 aromatic rings. The molecule has 0 aliphatic carbocycles. The minimum Gasteiger partial charge on any atom is -0.486 e. The van der Waals surface area contributed by atoms with Gasteiger partial charge in [-0.1, -0.05) is 24.3 Å². The van der Waals surface area contributed by atoms with E-state index in [4.69, 9.17) is 9.47 Å². The molecule has 0 saturated carbocycles. The molecule has 2 aliphatic rings. The first-order valence-electron chi connectivity index (χ1n) is 11.0. The van der Waals surface area contributed by atoms with Crippen LogP contribution in [0.15, 0.2) is 48.5 Å². The molecule has 3 N–H and O–H groups in total. The van der Waals surface area contributed by atoms with Crippen molar-refractivity contribution in [3.63, 3.8) is 0 Å². The maximum absolute atomic E-state index is 12.2. The number of carbonyl (C=O) groups is 1. The van der Waals surface area contributed by atoms with Gasteiger partial charge in [-0.05, 0) is 49.6 Å². The first-order valence-corrected chi connectivity index (χ1v) is 11.0. The molecule has 2 heterocycles. The van der Waals surface area contributed by atoms with Gasteiger partial charge in [0.2, 0.25) is 5.91 Å². The molecule has 0 aromatic heterocycles. The van der Waals surface area contributed by atoms with Gasteiger partial charge in [-0.25, -0.2) is 0 Å². The Morgan fingerprint density at radius 2 is 1.94 bits per heavy atom. The Balaban J connectivity index is 1.16. The van der Waals surface area contributed by atoms with Crippen LogP contribution in [0.5, 0.6) is 11.5 Å². The monoisotopic (exact) mass is 425 g/mol. The summed E-state index contributed by atoms with van der Waals surface area (Å²) in [4.78, 5) is 14.4. The standard InChI is InChI=1S/C24H31N3O4/c1-17-7-8-21-22(13-17)30-16-23(31-21)20(28)14-25-18-9-11-27(12-10-18)15-24(29)26-19-5-3-2-4-6-19/h2-8,13,18,20,23,25,28H,9-12,14-16H2,1H3,(H,26,29). The lowest BCUT2D eigenvalue weighted by Gasteiger charge is -2.34. The number of benzene rings is 2. The Hall–Kier alpha value is -2.61. The predicted octanol–water partition coefficient (Wildman–Crippen LogP) is 2.19. The third kappa shape index (κ3) is 5.97. The van der Waals surface area contributed by atoms with E-state index in [1.165, 1.54) is 0 Å². The molecular weight excluding hydrogens is 394 g/mol. The summed E-state index contributed by atoms with van der Waals surface area (Å²) in [6, 6.07) is 15.7. The zero-order valence-electron chi connectivity index (χ0n) is 17.9. The van der Waals surface area contributed by atoms with E-state index in [9.17, 15) is 9.90 Å². The van der Waals surface area contributed by atoms with Gasteiger partial charge < -0.3 is 25.2 Å².